The smallest absolute Gasteiger partial charge is 0.312 e. The Labute approximate surface area is 172 Å². The molecule has 3 rings (SSSR count). The van der Waals surface area contributed by atoms with Crippen molar-refractivity contribution in [2.24, 2.45) is 0 Å². The number of rotatable bonds is 7. The molecule has 1 heterocycles. The molecule has 0 spiro atoms. The van der Waals surface area contributed by atoms with Crippen molar-refractivity contribution in [3.63, 3.8) is 0 Å². The van der Waals surface area contributed by atoms with Crippen LogP contribution in [0.5, 0.6) is 11.6 Å². The molecule has 0 aliphatic carbocycles. The van der Waals surface area contributed by atoms with Crippen molar-refractivity contribution in [2.75, 3.05) is 13.1 Å². The molecule has 11 heteroatoms. The lowest BCUT2D eigenvalue weighted by molar-refractivity contribution is -0.385. The summed E-state index contributed by atoms with van der Waals surface area (Å²) in [6.07, 6.45) is 1.25. The van der Waals surface area contributed by atoms with Gasteiger partial charge in [0.2, 0.25) is 21.7 Å². The Hall–Kier alpha value is -2.82. The van der Waals surface area contributed by atoms with E-state index in [-0.39, 0.29) is 29.6 Å². The molecule has 0 saturated heterocycles. The molecule has 1 aromatic heterocycles. The van der Waals surface area contributed by atoms with Gasteiger partial charge in [0.25, 0.3) is 0 Å². The summed E-state index contributed by atoms with van der Waals surface area (Å²) in [6.45, 7) is 3.89. The number of nitro groups is 1. The van der Waals surface area contributed by atoms with E-state index in [1.807, 2.05) is 0 Å². The molecule has 0 radical (unpaired) electrons. The second-order valence-corrected chi connectivity index (χ2v) is 8.29. The number of nitro benzene ring substituents is 1. The summed E-state index contributed by atoms with van der Waals surface area (Å²) in [5.74, 6) is -0.0439. The van der Waals surface area contributed by atoms with Gasteiger partial charge in [-0.15, -0.1) is 0 Å². The zero-order valence-corrected chi connectivity index (χ0v) is 17.1. The number of sulfonamides is 1. The first-order valence-electron chi connectivity index (χ1n) is 8.64. The van der Waals surface area contributed by atoms with Crippen molar-refractivity contribution in [3.8, 4) is 11.6 Å². The summed E-state index contributed by atoms with van der Waals surface area (Å²) in [6, 6.07) is 8.38. The van der Waals surface area contributed by atoms with Gasteiger partial charge in [0.05, 0.1) is 20.7 Å². The number of hydrogen-bond acceptors (Lipinski definition) is 7. The summed E-state index contributed by atoms with van der Waals surface area (Å²) < 4.78 is 32.2. The maximum atomic E-state index is 12.7. The molecule has 2 aromatic carbocycles. The summed E-state index contributed by atoms with van der Waals surface area (Å²) in [4.78, 5) is 18.8. The number of nitrogens with zero attached hydrogens (tertiary/aromatic N) is 4. The van der Waals surface area contributed by atoms with Crippen molar-refractivity contribution >= 4 is 38.2 Å². The fourth-order valence-corrected chi connectivity index (χ4v) is 4.44. The molecular weight excluding hydrogens is 420 g/mol. The van der Waals surface area contributed by atoms with Crippen LogP contribution in [0.15, 0.2) is 47.6 Å². The highest BCUT2D eigenvalue weighted by atomic mass is 35.5. The average Bonchev–Trinajstić information content (AvgIpc) is 2.68. The van der Waals surface area contributed by atoms with Crippen molar-refractivity contribution in [3.05, 3.63) is 57.9 Å². The summed E-state index contributed by atoms with van der Waals surface area (Å²) in [5.41, 5.74) is 0.0184. The van der Waals surface area contributed by atoms with E-state index in [1.165, 1.54) is 22.8 Å². The zero-order valence-electron chi connectivity index (χ0n) is 15.6. The van der Waals surface area contributed by atoms with E-state index in [4.69, 9.17) is 16.3 Å². The lowest BCUT2D eigenvalue weighted by Gasteiger charge is -2.18. The average molecular weight is 437 g/mol. The van der Waals surface area contributed by atoms with Crippen molar-refractivity contribution < 1.29 is 18.1 Å². The minimum Gasteiger partial charge on any atom is -0.431 e. The van der Waals surface area contributed by atoms with Gasteiger partial charge in [-0.05, 0) is 30.3 Å². The van der Waals surface area contributed by atoms with E-state index in [2.05, 4.69) is 9.97 Å². The SMILES string of the molecule is CCN(CC)S(=O)(=O)c1ccc(Oc2ncnc3cc(Cl)ccc23)c([N+](=O)[O-])c1. The zero-order chi connectivity index (χ0) is 21.2. The minimum absolute atomic E-state index is 0.0918. The monoisotopic (exact) mass is 436 g/mol. The standard InChI is InChI=1S/C18H17ClN4O5S/c1-3-22(4-2)29(26,27)13-6-8-17(16(10-13)23(24)25)28-18-14-7-5-12(19)9-15(14)20-11-21-18/h5-11H,3-4H2,1-2H3. The van der Waals surface area contributed by atoms with Gasteiger partial charge < -0.3 is 4.74 Å². The van der Waals surface area contributed by atoms with Crippen LogP contribution >= 0.6 is 11.6 Å². The third-order valence-electron chi connectivity index (χ3n) is 4.24. The third kappa shape index (κ3) is 4.14. The van der Waals surface area contributed by atoms with Gasteiger partial charge in [0, 0.05) is 24.2 Å². The number of fused-ring (bicyclic) bond motifs is 1. The Morgan fingerprint density at radius 1 is 1.14 bits per heavy atom. The Bertz CT molecular complexity index is 1180. The first-order valence-corrected chi connectivity index (χ1v) is 10.5. The lowest BCUT2D eigenvalue weighted by Crippen LogP contribution is -2.30. The summed E-state index contributed by atoms with van der Waals surface area (Å²) in [5, 5.41) is 12.6. The normalized spacial score (nSPS) is 11.7. The van der Waals surface area contributed by atoms with Gasteiger partial charge in [-0.3, -0.25) is 10.1 Å². The molecule has 152 valence electrons. The third-order valence-corrected chi connectivity index (χ3v) is 6.52. The fraction of sp³-hybridized carbons (Fsp3) is 0.222. The number of benzene rings is 2. The maximum absolute atomic E-state index is 12.7. The summed E-state index contributed by atoms with van der Waals surface area (Å²) >= 11 is 5.96. The number of halogens is 1. The minimum atomic E-state index is -3.85. The van der Waals surface area contributed by atoms with Gasteiger partial charge in [-0.2, -0.15) is 4.31 Å². The molecule has 0 N–H and O–H groups in total. The van der Waals surface area contributed by atoms with Gasteiger partial charge >= 0.3 is 5.69 Å². The molecule has 0 fully saturated rings. The van der Waals surface area contributed by atoms with Crippen molar-refractivity contribution in [1.82, 2.24) is 14.3 Å². The fourth-order valence-electron chi connectivity index (χ4n) is 2.79. The van der Waals surface area contributed by atoms with Crippen LogP contribution in [-0.2, 0) is 10.0 Å². The Balaban J connectivity index is 2.07. The quantitative estimate of drug-likeness (QED) is 0.405. The van der Waals surface area contributed by atoms with E-state index in [9.17, 15) is 18.5 Å². The van der Waals surface area contributed by atoms with Gasteiger partial charge in [0.15, 0.2) is 0 Å². The van der Waals surface area contributed by atoms with Gasteiger partial charge in [0.1, 0.15) is 6.33 Å². The van der Waals surface area contributed by atoms with Gasteiger partial charge in [-0.1, -0.05) is 25.4 Å². The highest BCUT2D eigenvalue weighted by Gasteiger charge is 2.27. The second kappa shape index (κ2) is 8.27. The first kappa shape index (κ1) is 20.9. The molecular formula is C18H17ClN4O5S. The van der Waals surface area contributed by atoms with E-state index in [0.717, 1.165) is 6.07 Å². The van der Waals surface area contributed by atoms with Crippen LogP contribution in [0.1, 0.15) is 13.8 Å². The molecule has 0 bridgehead atoms. The Morgan fingerprint density at radius 2 is 1.86 bits per heavy atom. The molecule has 9 nitrogen and oxygen atoms in total. The molecule has 0 amide bonds. The van der Waals surface area contributed by atoms with Crippen LogP contribution in [-0.4, -0.2) is 40.7 Å². The van der Waals surface area contributed by atoms with E-state index < -0.39 is 20.6 Å². The lowest BCUT2D eigenvalue weighted by atomic mass is 10.2. The summed E-state index contributed by atoms with van der Waals surface area (Å²) in [7, 11) is -3.85. The van der Waals surface area contributed by atoms with Crippen LogP contribution < -0.4 is 4.74 Å². The number of hydrogen-bond donors (Lipinski definition) is 0. The molecule has 0 atom stereocenters. The van der Waals surface area contributed by atoms with E-state index in [1.54, 1.807) is 32.0 Å². The molecule has 0 aliphatic rings. The highest BCUT2D eigenvalue weighted by molar-refractivity contribution is 7.89. The molecule has 0 saturated carbocycles. The van der Waals surface area contributed by atoms with Crippen molar-refractivity contribution in [1.29, 1.82) is 0 Å². The van der Waals surface area contributed by atoms with Crippen LogP contribution in [0.4, 0.5) is 5.69 Å². The first-order chi connectivity index (χ1) is 13.8. The van der Waals surface area contributed by atoms with Crippen LogP contribution in [0.3, 0.4) is 0 Å². The number of aromatic nitrogens is 2. The van der Waals surface area contributed by atoms with Crippen LogP contribution in [0.2, 0.25) is 5.02 Å². The molecule has 0 unspecified atom stereocenters. The van der Waals surface area contributed by atoms with Gasteiger partial charge in [-0.25, -0.2) is 18.4 Å². The second-order valence-electron chi connectivity index (χ2n) is 5.92. The molecule has 0 aliphatic heterocycles. The number of ether oxygens (including phenoxy) is 1. The van der Waals surface area contributed by atoms with Crippen molar-refractivity contribution in [2.45, 2.75) is 18.7 Å². The van der Waals surface area contributed by atoms with Crippen LogP contribution in [0.25, 0.3) is 10.9 Å². The Kier molecular flexibility index (Phi) is 5.96. The molecule has 29 heavy (non-hydrogen) atoms. The molecule has 3 aromatic rings. The van der Waals surface area contributed by atoms with E-state index >= 15 is 0 Å². The highest BCUT2D eigenvalue weighted by Crippen LogP contribution is 2.35. The Morgan fingerprint density at radius 3 is 2.52 bits per heavy atom. The predicted octanol–water partition coefficient (Wildman–Crippen LogP) is 4.01. The largest absolute Gasteiger partial charge is 0.431 e. The predicted molar refractivity (Wildman–Crippen MR) is 108 cm³/mol. The topological polar surface area (TPSA) is 116 Å². The van der Waals surface area contributed by atoms with E-state index in [0.29, 0.717) is 15.9 Å². The maximum Gasteiger partial charge on any atom is 0.312 e. The van der Waals surface area contributed by atoms with Crippen LogP contribution in [0, 0.1) is 10.1 Å².